The predicted octanol–water partition coefficient (Wildman–Crippen LogP) is 1.23. The van der Waals surface area contributed by atoms with Gasteiger partial charge in [-0.1, -0.05) is 0 Å². The van der Waals surface area contributed by atoms with E-state index >= 15 is 0 Å². The molecule has 0 aliphatic carbocycles. The van der Waals surface area contributed by atoms with Gasteiger partial charge in [0.15, 0.2) is 5.54 Å². The van der Waals surface area contributed by atoms with Crippen LogP contribution in [0.3, 0.4) is 0 Å². The second-order valence-electron chi connectivity index (χ2n) is 4.05. The lowest BCUT2D eigenvalue weighted by Crippen LogP contribution is -2.37. The number of carboxylic acid groups (broad SMARTS) is 1. The smallest absolute Gasteiger partial charge is 0.331 e. The molecule has 0 fully saturated rings. The highest BCUT2D eigenvalue weighted by atomic mass is 16.6. The molecule has 0 saturated heterocycles. The Bertz CT molecular complexity index is 462. The number of aromatic nitrogens is 2. The fraction of sp³-hybridized carbons (Fsp3) is 0.556. The van der Waals surface area contributed by atoms with Crippen LogP contribution in [-0.2, 0) is 10.3 Å². The number of carboxylic acids is 1. The van der Waals surface area contributed by atoms with Gasteiger partial charge in [0.25, 0.3) is 0 Å². The van der Waals surface area contributed by atoms with E-state index in [4.69, 9.17) is 5.11 Å². The zero-order valence-electron chi connectivity index (χ0n) is 9.51. The van der Waals surface area contributed by atoms with Gasteiger partial charge in [-0.15, -0.1) is 0 Å². The molecule has 0 aromatic carbocycles. The fourth-order valence-electron chi connectivity index (χ4n) is 1.53. The van der Waals surface area contributed by atoms with Gasteiger partial charge in [0.1, 0.15) is 11.4 Å². The lowest BCUT2D eigenvalue weighted by atomic mass is 10.1. The highest BCUT2D eigenvalue weighted by molar-refractivity contribution is 5.75. The molecule has 0 unspecified atom stereocenters. The Morgan fingerprint density at radius 1 is 1.50 bits per heavy atom. The van der Waals surface area contributed by atoms with Crippen molar-refractivity contribution in [1.29, 1.82) is 0 Å². The van der Waals surface area contributed by atoms with E-state index in [2.05, 4.69) is 5.10 Å². The number of aliphatic carboxylic acids is 1. The molecule has 1 aromatic rings. The Morgan fingerprint density at radius 3 is 2.31 bits per heavy atom. The van der Waals surface area contributed by atoms with E-state index in [1.165, 1.54) is 32.4 Å². The van der Waals surface area contributed by atoms with Crippen LogP contribution in [0.15, 0.2) is 0 Å². The van der Waals surface area contributed by atoms with Gasteiger partial charge in [0.05, 0.1) is 4.92 Å². The first-order valence-corrected chi connectivity index (χ1v) is 4.64. The van der Waals surface area contributed by atoms with E-state index in [0.717, 1.165) is 0 Å². The predicted molar refractivity (Wildman–Crippen MR) is 55.3 cm³/mol. The molecule has 0 bridgehead atoms. The Balaban J connectivity index is 3.44. The number of hydrogen-bond donors (Lipinski definition) is 1. The first-order valence-electron chi connectivity index (χ1n) is 4.64. The van der Waals surface area contributed by atoms with Crippen molar-refractivity contribution in [3.8, 4) is 0 Å². The molecule has 0 aliphatic rings. The lowest BCUT2D eigenvalue weighted by Gasteiger charge is -2.20. The molecule has 7 heteroatoms. The average molecular weight is 227 g/mol. The Hall–Kier alpha value is -1.92. The standard InChI is InChI=1S/C9H13N3O4/c1-5-7(12(15)16)6(2)11(10-5)9(3,4)8(13)14/h1-4H3,(H,13,14). The maximum atomic E-state index is 11.0. The normalized spacial score (nSPS) is 11.5. The zero-order valence-corrected chi connectivity index (χ0v) is 9.51. The van der Waals surface area contributed by atoms with Crippen molar-refractivity contribution in [1.82, 2.24) is 9.78 Å². The minimum atomic E-state index is -1.30. The van der Waals surface area contributed by atoms with Crippen molar-refractivity contribution in [2.75, 3.05) is 0 Å². The first kappa shape index (κ1) is 12.2. The van der Waals surface area contributed by atoms with Crippen LogP contribution in [0, 0.1) is 24.0 Å². The van der Waals surface area contributed by atoms with Crippen molar-refractivity contribution >= 4 is 11.7 Å². The number of nitro groups is 1. The van der Waals surface area contributed by atoms with Gasteiger partial charge < -0.3 is 5.11 Å². The molecule has 0 amide bonds. The molecule has 7 nitrogen and oxygen atoms in total. The maximum absolute atomic E-state index is 11.0. The number of rotatable bonds is 3. The van der Waals surface area contributed by atoms with Crippen molar-refractivity contribution in [3.63, 3.8) is 0 Å². The van der Waals surface area contributed by atoms with E-state index < -0.39 is 16.4 Å². The third-order valence-electron chi connectivity index (χ3n) is 2.49. The first-order chi connectivity index (χ1) is 7.19. The van der Waals surface area contributed by atoms with Crippen LogP contribution in [0.4, 0.5) is 5.69 Å². The Morgan fingerprint density at radius 2 is 2.00 bits per heavy atom. The summed E-state index contributed by atoms with van der Waals surface area (Å²) in [6, 6.07) is 0. The molecular weight excluding hydrogens is 214 g/mol. The highest BCUT2D eigenvalue weighted by Crippen LogP contribution is 2.27. The number of carbonyl (C=O) groups is 1. The fourth-order valence-corrected chi connectivity index (χ4v) is 1.53. The summed E-state index contributed by atoms with van der Waals surface area (Å²) in [7, 11) is 0. The second-order valence-corrected chi connectivity index (χ2v) is 4.05. The Kier molecular flexibility index (Phi) is 2.72. The number of aryl methyl sites for hydroxylation is 1. The zero-order chi connectivity index (χ0) is 12.7. The topological polar surface area (TPSA) is 98.3 Å². The van der Waals surface area contributed by atoms with Crippen LogP contribution >= 0.6 is 0 Å². The molecule has 88 valence electrons. The Labute approximate surface area is 91.8 Å². The summed E-state index contributed by atoms with van der Waals surface area (Å²) in [6.07, 6.45) is 0. The van der Waals surface area contributed by atoms with Crippen LogP contribution in [0.1, 0.15) is 25.2 Å². The van der Waals surface area contributed by atoms with Gasteiger partial charge in [-0.05, 0) is 27.7 Å². The van der Waals surface area contributed by atoms with Crippen LogP contribution in [0.2, 0.25) is 0 Å². The van der Waals surface area contributed by atoms with Gasteiger partial charge in [-0.3, -0.25) is 10.1 Å². The van der Waals surface area contributed by atoms with E-state index in [0.29, 0.717) is 0 Å². The summed E-state index contributed by atoms with van der Waals surface area (Å²) in [4.78, 5) is 21.2. The molecular formula is C9H13N3O4. The molecule has 0 atom stereocenters. The third kappa shape index (κ3) is 1.64. The molecule has 0 spiro atoms. The average Bonchev–Trinajstić information content (AvgIpc) is 2.41. The van der Waals surface area contributed by atoms with Crippen molar-refractivity contribution in [3.05, 3.63) is 21.5 Å². The van der Waals surface area contributed by atoms with E-state index in [9.17, 15) is 14.9 Å². The summed E-state index contributed by atoms with van der Waals surface area (Å²) in [5.74, 6) is -1.09. The summed E-state index contributed by atoms with van der Waals surface area (Å²) in [6.45, 7) is 5.86. The van der Waals surface area contributed by atoms with Crippen molar-refractivity contribution in [2.24, 2.45) is 0 Å². The monoisotopic (exact) mass is 227 g/mol. The second kappa shape index (κ2) is 3.58. The van der Waals surface area contributed by atoms with Crippen molar-refractivity contribution in [2.45, 2.75) is 33.2 Å². The molecule has 1 N–H and O–H groups in total. The van der Waals surface area contributed by atoms with Crippen LogP contribution in [0.25, 0.3) is 0 Å². The minimum Gasteiger partial charge on any atom is -0.479 e. The van der Waals surface area contributed by atoms with Gasteiger partial charge >= 0.3 is 11.7 Å². The molecule has 0 radical (unpaired) electrons. The quantitative estimate of drug-likeness (QED) is 0.618. The highest BCUT2D eigenvalue weighted by Gasteiger charge is 2.35. The van der Waals surface area contributed by atoms with Crippen LogP contribution in [-0.4, -0.2) is 25.8 Å². The van der Waals surface area contributed by atoms with E-state index in [1.807, 2.05) is 0 Å². The SMILES string of the molecule is Cc1nn(C(C)(C)C(=O)O)c(C)c1[N+](=O)[O-]. The molecule has 1 aromatic heterocycles. The molecule has 16 heavy (non-hydrogen) atoms. The lowest BCUT2D eigenvalue weighted by molar-refractivity contribution is -0.386. The summed E-state index contributed by atoms with van der Waals surface area (Å²) >= 11 is 0. The number of hydrogen-bond acceptors (Lipinski definition) is 4. The largest absolute Gasteiger partial charge is 0.479 e. The van der Waals surface area contributed by atoms with E-state index in [-0.39, 0.29) is 17.1 Å². The molecule has 1 rings (SSSR count). The summed E-state index contributed by atoms with van der Waals surface area (Å²) in [5, 5.41) is 23.7. The summed E-state index contributed by atoms with van der Waals surface area (Å²) in [5.41, 5.74) is -0.968. The van der Waals surface area contributed by atoms with Gasteiger partial charge in [-0.25, -0.2) is 9.48 Å². The van der Waals surface area contributed by atoms with Crippen molar-refractivity contribution < 1.29 is 14.8 Å². The van der Waals surface area contributed by atoms with Gasteiger partial charge in [-0.2, -0.15) is 5.10 Å². The molecule has 1 heterocycles. The van der Waals surface area contributed by atoms with Gasteiger partial charge in [0, 0.05) is 0 Å². The number of nitrogens with zero attached hydrogens (tertiary/aromatic N) is 3. The van der Waals surface area contributed by atoms with Crippen LogP contribution < -0.4 is 0 Å². The molecule has 0 aliphatic heterocycles. The minimum absolute atomic E-state index is 0.130. The third-order valence-corrected chi connectivity index (χ3v) is 2.49. The van der Waals surface area contributed by atoms with Crippen LogP contribution in [0.5, 0.6) is 0 Å². The van der Waals surface area contributed by atoms with Gasteiger partial charge in [0.2, 0.25) is 0 Å². The molecule has 0 saturated carbocycles. The van der Waals surface area contributed by atoms with E-state index in [1.54, 1.807) is 0 Å². The maximum Gasteiger partial charge on any atom is 0.331 e. The summed E-state index contributed by atoms with van der Waals surface area (Å²) < 4.78 is 1.17.